The maximum atomic E-state index is 12.2. The first-order valence-electron chi connectivity index (χ1n) is 5.47. The molecule has 0 aliphatic carbocycles. The maximum absolute atomic E-state index is 12.2. The van der Waals surface area contributed by atoms with Gasteiger partial charge in [0, 0.05) is 13.2 Å². The van der Waals surface area contributed by atoms with Gasteiger partial charge in [0.2, 0.25) is 5.78 Å². The van der Waals surface area contributed by atoms with Crippen LogP contribution in [0, 0.1) is 0 Å². The maximum Gasteiger partial charge on any atom is 0.216 e. The third-order valence-corrected chi connectivity index (χ3v) is 2.37. The number of imidazole rings is 1. The van der Waals surface area contributed by atoms with Gasteiger partial charge >= 0.3 is 0 Å². The molecule has 0 radical (unpaired) electrons. The number of carbonyl (C=O) groups is 1. The van der Waals surface area contributed by atoms with Gasteiger partial charge in [0.15, 0.2) is 0 Å². The van der Waals surface area contributed by atoms with E-state index in [9.17, 15) is 4.79 Å². The van der Waals surface area contributed by atoms with Crippen molar-refractivity contribution in [1.82, 2.24) is 9.55 Å². The van der Waals surface area contributed by atoms with Gasteiger partial charge in [-0.05, 0) is 19.1 Å². The highest BCUT2D eigenvalue weighted by Crippen LogP contribution is 2.20. The Labute approximate surface area is 99.9 Å². The highest BCUT2D eigenvalue weighted by Gasteiger charge is 2.15. The summed E-state index contributed by atoms with van der Waals surface area (Å²) in [7, 11) is 1.83. The largest absolute Gasteiger partial charge is 0.493 e. The molecule has 0 aliphatic heterocycles. The van der Waals surface area contributed by atoms with E-state index in [1.165, 1.54) is 0 Å². The van der Waals surface area contributed by atoms with Crippen molar-refractivity contribution < 1.29 is 9.53 Å². The van der Waals surface area contributed by atoms with Crippen LogP contribution in [0.4, 0.5) is 0 Å². The van der Waals surface area contributed by atoms with E-state index in [1.54, 1.807) is 29.2 Å². The highest BCUT2D eigenvalue weighted by atomic mass is 16.5. The van der Waals surface area contributed by atoms with Crippen LogP contribution in [0.15, 0.2) is 36.8 Å². The molecule has 1 aromatic heterocycles. The lowest BCUT2D eigenvalue weighted by Crippen LogP contribution is -2.05. The van der Waals surface area contributed by atoms with Crippen LogP contribution in [0.3, 0.4) is 0 Å². The fourth-order valence-electron chi connectivity index (χ4n) is 1.60. The molecule has 0 unspecified atom stereocenters. The van der Waals surface area contributed by atoms with Crippen LogP contribution in [0.25, 0.3) is 0 Å². The molecule has 2 rings (SSSR count). The zero-order chi connectivity index (χ0) is 12.3. The van der Waals surface area contributed by atoms with Crippen LogP contribution in [-0.2, 0) is 7.05 Å². The molecule has 1 aromatic carbocycles. The van der Waals surface area contributed by atoms with Gasteiger partial charge in [0.25, 0.3) is 0 Å². The predicted molar refractivity (Wildman–Crippen MR) is 64.3 cm³/mol. The van der Waals surface area contributed by atoms with Crippen molar-refractivity contribution in [2.75, 3.05) is 6.61 Å². The molecule has 17 heavy (non-hydrogen) atoms. The van der Waals surface area contributed by atoms with E-state index in [2.05, 4.69) is 4.98 Å². The fourth-order valence-corrected chi connectivity index (χ4v) is 1.60. The summed E-state index contributed by atoms with van der Waals surface area (Å²) in [5.41, 5.74) is 0.979. The minimum absolute atomic E-state index is 0.116. The Morgan fingerprint density at radius 2 is 2.18 bits per heavy atom. The predicted octanol–water partition coefficient (Wildman–Crippen LogP) is 2.05. The van der Waals surface area contributed by atoms with E-state index in [-0.39, 0.29) is 5.78 Å². The van der Waals surface area contributed by atoms with Crippen LogP contribution in [0.5, 0.6) is 5.75 Å². The lowest BCUT2D eigenvalue weighted by Gasteiger charge is -2.07. The highest BCUT2D eigenvalue weighted by molar-refractivity contribution is 6.09. The number of aryl methyl sites for hydroxylation is 1. The van der Waals surface area contributed by atoms with Crippen LogP contribution >= 0.6 is 0 Å². The Balaban J connectivity index is 2.36. The quantitative estimate of drug-likeness (QED) is 0.755. The number of ether oxygens (including phenoxy) is 1. The molecule has 0 saturated carbocycles. The second kappa shape index (κ2) is 4.82. The molecule has 0 amide bonds. The number of rotatable bonds is 4. The van der Waals surface area contributed by atoms with Gasteiger partial charge < -0.3 is 9.30 Å². The van der Waals surface area contributed by atoms with Crippen LogP contribution in [0.2, 0.25) is 0 Å². The topological polar surface area (TPSA) is 44.1 Å². The molecule has 2 aromatic rings. The number of hydrogen-bond donors (Lipinski definition) is 0. The summed E-state index contributed by atoms with van der Waals surface area (Å²) < 4.78 is 7.18. The van der Waals surface area contributed by atoms with Crippen molar-refractivity contribution in [3.8, 4) is 5.75 Å². The molecular weight excluding hydrogens is 216 g/mol. The summed E-state index contributed by atoms with van der Waals surface area (Å²) in [6.45, 7) is 2.43. The smallest absolute Gasteiger partial charge is 0.216 e. The first-order valence-corrected chi connectivity index (χ1v) is 5.47. The Morgan fingerprint density at radius 3 is 2.82 bits per heavy atom. The van der Waals surface area contributed by atoms with Crippen molar-refractivity contribution >= 4 is 5.78 Å². The van der Waals surface area contributed by atoms with Gasteiger partial charge in [-0.3, -0.25) is 4.79 Å². The van der Waals surface area contributed by atoms with Crippen molar-refractivity contribution in [3.05, 3.63) is 48.0 Å². The molecule has 4 nitrogen and oxygen atoms in total. The van der Waals surface area contributed by atoms with Gasteiger partial charge in [0.05, 0.1) is 18.5 Å². The number of aromatic nitrogens is 2. The van der Waals surface area contributed by atoms with E-state index >= 15 is 0 Å². The van der Waals surface area contributed by atoms with Gasteiger partial charge in [-0.1, -0.05) is 12.1 Å². The van der Waals surface area contributed by atoms with Gasteiger partial charge in [-0.25, -0.2) is 4.98 Å². The monoisotopic (exact) mass is 230 g/mol. The molecule has 0 fully saturated rings. The molecule has 1 heterocycles. The van der Waals surface area contributed by atoms with Gasteiger partial charge in [-0.2, -0.15) is 0 Å². The van der Waals surface area contributed by atoms with E-state index in [0.29, 0.717) is 23.6 Å². The molecule has 0 N–H and O–H groups in total. The number of ketones is 1. The Morgan fingerprint density at radius 1 is 1.41 bits per heavy atom. The average Bonchev–Trinajstić information content (AvgIpc) is 2.76. The first kappa shape index (κ1) is 11.4. The molecule has 0 saturated heterocycles. The summed E-state index contributed by atoms with van der Waals surface area (Å²) in [5, 5.41) is 0. The fraction of sp³-hybridized carbons (Fsp3) is 0.231. The van der Waals surface area contributed by atoms with E-state index in [0.717, 1.165) is 0 Å². The minimum Gasteiger partial charge on any atom is -0.493 e. The van der Waals surface area contributed by atoms with Crippen LogP contribution < -0.4 is 4.74 Å². The molecule has 4 heteroatoms. The van der Waals surface area contributed by atoms with Gasteiger partial charge in [-0.15, -0.1) is 0 Å². The molecule has 0 bridgehead atoms. The summed E-state index contributed by atoms with van der Waals surface area (Å²) in [6.07, 6.45) is 3.31. The zero-order valence-electron chi connectivity index (χ0n) is 9.88. The number of benzene rings is 1. The molecule has 0 atom stereocenters. The summed E-state index contributed by atoms with van der Waals surface area (Å²) in [5.74, 6) is 0.486. The van der Waals surface area contributed by atoms with Crippen molar-refractivity contribution in [2.24, 2.45) is 7.05 Å². The lowest BCUT2D eigenvalue weighted by atomic mass is 10.1. The molecule has 0 aliphatic rings. The Kier molecular flexibility index (Phi) is 3.23. The summed E-state index contributed by atoms with van der Waals surface area (Å²) in [6, 6.07) is 7.21. The third-order valence-electron chi connectivity index (χ3n) is 2.37. The van der Waals surface area contributed by atoms with Crippen LogP contribution in [-0.4, -0.2) is 21.9 Å². The zero-order valence-corrected chi connectivity index (χ0v) is 9.88. The van der Waals surface area contributed by atoms with E-state index in [4.69, 9.17) is 4.74 Å². The van der Waals surface area contributed by atoms with Crippen LogP contribution in [0.1, 0.15) is 23.0 Å². The van der Waals surface area contributed by atoms with Crippen molar-refractivity contribution in [1.29, 1.82) is 0 Å². The third kappa shape index (κ3) is 2.36. The minimum atomic E-state index is -0.116. The SMILES string of the molecule is CCOc1ccccc1C(=O)c1cn(C)cn1. The number of nitrogens with zero attached hydrogens (tertiary/aromatic N) is 2. The van der Waals surface area contributed by atoms with Crippen molar-refractivity contribution in [2.45, 2.75) is 6.92 Å². The average molecular weight is 230 g/mol. The standard InChI is InChI=1S/C13H14N2O2/c1-3-17-12-7-5-4-6-10(12)13(16)11-8-15(2)9-14-11/h4-9H,3H2,1-2H3. The number of carbonyl (C=O) groups excluding carboxylic acids is 1. The normalized spacial score (nSPS) is 10.2. The molecule has 0 spiro atoms. The Hall–Kier alpha value is -2.10. The van der Waals surface area contributed by atoms with E-state index in [1.807, 2.05) is 26.1 Å². The Bertz CT molecular complexity index is 532. The number of para-hydroxylation sites is 1. The summed E-state index contributed by atoms with van der Waals surface area (Å²) >= 11 is 0. The second-order valence-electron chi connectivity index (χ2n) is 3.68. The van der Waals surface area contributed by atoms with Crippen molar-refractivity contribution in [3.63, 3.8) is 0 Å². The second-order valence-corrected chi connectivity index (χ2v) is 3.68. The summed E-state index contributed by atoms with van der Waals surface area (Å²) in [4.78, 5) is 16.3. The first-order chi connectivity index (χ1) is 8.22. The molecular formula is C13H14N2O2. The van der Waals surface area contributed by atoms with E-state index < -0.39 is 0 Å². The molecule has 88 valence electrons. The lowest BCUT2D eigenvalue weighted by molar-refractivity contribution is 0.103. The van der Waals surface area contributed by atoms with Gasteiger partial charge in [0.1, 0.15) is 11.4 Å². The number of hydrogen-bond acceptors (Lipinski definition) is 3.